The Morgan fingerprint density at radius 3 is 2.51 bits per heavy atom. The zero-order chi connectivity index (χ0) is 26.6. The van der Waals surface area contributed by atoms with Crippen molar-refractivity contribution in [2.24, 2.45) is 5.92 Å². The monoisotopic (exact) mass is 561 g/mol. The van der Waals surface area contributed by atoms with Crippen LogP contribution < -0.4 is 10.6 Å². The standard InChI is InChI=1S/C27H32ClN3O4S2/c1-18(2)16-23(30-27(33)25-17-19-6-3-4-8-24(19)36-25)26(32)29-21-7-5-14-31(15-13-21)37(34,35)22-11-9-20(28)10-12-22/h3-4,6,8-12,17-18,21,23H,5,7,13-16H2,1-2H3,(H,29,32)(H,30,33)/t21?,23-/m0/s1. The molecular formula is C27H32ClN3O4S2. The molecule has 0 saturated carbocycles. The molecule has 1 saturated heterocycles. The van der Waals surface area contributed by atoms with E-state index in [1.54, 1.807) is 12.1 Å². The number of nitrogens with zero attached hydrogens (tertiary/aromatic N) is 1. The molecule has 10 heteroatoms. The van der Waals surface area contributed by atoms with E-state index in [0.29, 0.717) is 48.7 Å². The average molecular weight is 562 g/mol. The van der Waals surface area contributed by atoms with Crippen molar-refractivity contribution in [1.82, 2.24) is 14.9 Å². The Morgan fingerprint density at radius 2 is 1.81 bits per heavy atom. The van der Waals surface area contributed by atoms with Gasteiger partial charge < -0.3 is 10.6 Å². The van der Waals surface area contributed by atoms with Gasteiger partial charge in [0.2, 0.25) is 15.9 Å². The molecule has 1 aliphatic heterocycles. The quantitative estimate of drug-likeness (QED) is 0.402. The molecule has 2 aromatic carbocycles. The van der Waals surface area contributed by atoms with Gasteiger partial charge in [0.1, 0.15) is 6.04 Å². The summed E-state index contributed by atoms with van der Waals surface area (Å²) in [6, 6.07) is 15.0. The molecule has 7 nitrogen and oxygen atoms in total. The molecule has 0 spiro atoms. The number of thiophene rings is 1. The first-order chi connectivity index (χ1) is 17.6. The number of rotatable bonds is 8. The van der Waals surface area contributed by atoms with Gasteiger partial charge in [-0.15, -0.1) is 11.3 Å². The lowest BCUT2D eigenvalue weighted by Gasteiger charge is -2.24. The van der Waals surface area contributed by atoms with Gasteiger partial charge in [-0.1, -0.05) is 43.6 Å². The smallest absolute Gasteiger partial charge is 0.262 e. The molecule has 0 bridgehead atoms. The van der Waals surface area contributed by atoms with Crippen molar-refractivity contribution in [1.29, 1.82) is 0 Å². The van der Waals surface area contributed by atoms with Crippen LogP contribution in [0.15, 0.2) is 59.5 Å². The number of amides is 2. The summed E-state index contributed by atoms with van der Waals surface area (Å²) in [5.74, 6) is -0.294. The molecule has 0 radical (unpaired) electrons. The Balaban J connectivity index is 1.39. The van der Waals surface area contributed by atoms with E-state index in [-0.39, 0.29) is 28.7 Å². The second-order valence-corrected chi connectivity index (χ2v) is 13.3. The minimum absolute atomic E-state index is 0.172. The molecule has 1 unspecified atom stereocenters. The lowest BCUT2D eigenvalue weighted by atomic mass is 10.0. The summed E-state index contributed by atoms with van der Waals surface area (Å²) >= 11 is 7.31. The van der Waals surface area contributed by atoms with E-state index in [9.17, 15) is 18.0 Å². The van der Waals surface area contributed by atoms with Crippen molar-refractivity contribution in [3.63, 3.8) is 0 Å². The highest BCUT2D eigenvalue weighted by atomic mass is 35.5. The third kappa shape index (κ3) is 6.90. The molecule has 2 N–H and O–H groups in total. The van der Waals surface area contributed by atoms with Gasteiger partial charge in [-0.3, -0.25) is 9.59 Å². The predicted molar refractivity (Wildman–Crippen MR) is 149 cm³/mol. The maximum absolute atomic E-state index is 13.3. The van der Waals surface area contributed by atoms with Gasteiger partial charge in [0.15, 0.2) is 0 Å². The van der Waals surface area contributed by atoms with Crippen LogP contribution in [0, 0.1) is 5.92 Å². The summed E-state index contributed by atoms with van der Waals surface area (Å²) in [6.45, 7) is 4.71. The molecule has 2 amide bonds. The maximum atomic E-state index is 13.3. The van der Waals surface area contributed by atoms with Crippen molar-refractivity contribution >= 4 is 54.9 Å². The lowest BCUT2D eigenvalue weighted by Crippen LogP contribution is -2.50. The topological polar surface area (TPSA) is 95.6 Å². The first-order valence-corrected chi connectivity index (χ1v) is 15.1. The molecule has 2 heterocycles. The van der Waals surface area contributed by atoms with Crippen molar-refractivity contribution in [3.05, 3.63) is 64.5 Å². The van der Waals surface area contributed by atoms with Crippen LogP contribution in [0.3, 0.4) is 0 Å². The van der Waals surface area contributed by atoms with E-state index >= 15 is 0 Å². The summed E-state index contributed by atoms with van der Waals surface area (Å²) < 4.78 is 28.7. The second-order valence-electron chi connectivity index (χ2n) is 9.80. The fraction of sp³-hybridized carbons (Fsp3) is 0.407. The zero-order valence-electron chi connectivity index (χ0n) is 20.9. The average Bonchev–Trinajstić information content (AvgIpc) is 3.16. The van der Waals surface area contributed by atoms with Crippen LogP contribution in [0.25, 0.3) is 10.1 Å². The molecule has 198 valence electrons. The van der Waals surface area contributed by atoms with Crippen molar-refractivity contribution in [2.45, 2.75) is 56.5 Å². The van der Waals surface area contributed by atoms with E-state index in [0.717, 1.165) is 10.1 Å². The number of carbonyl (C=O) groups is 2. The number of nitrogens with one attached hydrogen (secondary N) is 2. The second kappa shape index (κ2) is 11.9. The van der Waals surface area contributed by atoms with Gasteiger partial charge in [0.05, 0.1) is 9.77 Å². The summed E-state index contributed by atoms with van der Waals surface area (Å²) in [5, 5.41) is 7.49. The van der Waals surface area contributed by atoms with E-state index in [4.69, 9.17) is 11.6 Å². The molecule has 1 aromatic heterocycles. The Labute approximate surface area is 227 Å². The van der Waals surface area contributed by atoms with Crippen molar-refractivity contribution in [2.75, 3.05) is 13.1 Å². The number of fused-ring (bicyclic) bond motifs is 1. The van der Waals surface area contributed by atoms with E-state index in [1.807, 2.05) is 44.2 Å². The van der Waals surface area contributed by atoms with Crippen molar-refractivity contribution < 1.29 is 18.0 Å². The third-order valence-corrected chi connectivity index (χ3v) is 9.74. The largest absolute Gasteiger partial charge is 0.352 e. The molecular weight excluding hydrogens is 530 g/mol. The first-order valence-electron chi connectivity index (χ1n) is 12.5. The van der Waals surface area contributed by atoms with Gasteiger partial charge in [0, 0.05) is 28.9 Å². The van der Waals surface area contributed by atoms with Crippen molar-refractivity contribution in [3.8, 4) is 0 Å². The normalized spacial score (nSPS) is 17.9. The van der Waals surface area contributed by atoms with Gasteiger partial charge in [-0.05, 0) is 73.4 Å². The van der Waals surface area contributed by atoms with Gasteiger partial charge in [-0.25, -0.2) is 8.42 Å². The highest BCUT2D eigenvalue weighted by Crippen LogP contribution is 2.26. The minimum atomic E-state index is -3.64. The Kier molecular flexibility index (Phi) is 8.90. The third-order valence-electron chi connectivity index (χ3n) is 6.46. The van der Waals surface area contributed by atoms with Gasteiger partial charge in [-0.2, -0.15) is 4.31 Å². The molecule has 37 heavy (non-hydrogen) atoms. The molecule has 1 aliphatic rings. The van der Waals surface area contributed by atoms with Gasteiger partial charge in [0.25, 0.3) is 5.91 Å². The molecule has 3 aromatic rings. The van der Waals surface area contributed by atoms with Crippen LogP contribution in [0.1, 0.15) is 49.2 Å². The lowest BCUT2D eigenvalue weighted by molar-refractivity contribution is -0.124. The summed E-state index contributed by atoms with van der Waals surface area (Å²) in [7, 11) is -3.64. The van der Waals surface area contributed by atoms with Crippen LogP contribution in [-0.4, -0.2) is 49.7 Å². The zero-order valence-corrected chi connectivity index (χ0v) is 23.3. The summed E-state index contributed by atoms with van der Waals surface area (Å²) in [4.78, 5) is 27.0. The van der Waals surface area contributed by atoms with E-state index < -0.39 is 16.1 Å². The molecule has 4 rings (SSSR count). The number of hydrogen-bond acceptors (Lipinski definition) is 5. The number of hydrogen-bond donors (Lipinski definition) is 2. The fourth-order valence-electron chi connectivity index (χ4n) is 4.54. The number of sulfonamides is 1. The van der Waals surface area contributed by atoms with Gasteiger partial charge >= 0.3 is 0 Å². The Bertz CT molecular complexity index is 1320. The number of carbonyl (C=O) groups excluding carboxylic acids is 2. The van der Waals surface area contributed by atoms with Crippen LogP contribution in [-0.2, 0) is 14.8 Å². The maximum Gasteiger partial charge on any atom is 0.262 e. The number of halogens is 1. The Hall–Kier alpha value is -2.46. The van der Waals surface area contributed by atoms with Crippen LogP contribution >= 0.6 is 22.9 Å². The fourth-order valence-corrected chi connectivity index (χ4v) is 7.12. The van der Waals surface area contributed by atoms with Crippen LogP contribution in [0.5, 0.6) is 0 Å². The SMILES string of the molecule is CC(C)C[C@H](NC(=O)c1cc2ccccc2s1)C(=O)NC1CCCN(S(=O)(=O)c2ccc(Cl)cc2)CC1. The molecule has 1 fully saturated rings. The molecule has 0 aliphatic carbocycles. The van der Waals surface area contributed by atoms with E-state index in [1.165, 1.54) is 27.8 Å². The number of benzene rings is 2. The van der Waals surface area contributed by atoms with Crippen LogP contribution in [0.4, 0.5) is 0 Å². The molecule has 2 atom stereocenters. The summed E-state index contributed by atoms with van der Waals surface area (Å²) in [5.41, 5.74) is 0. The summed E-state index contributed by atoms with van der Waals surface area (Å²) in [6.07, 6.45) is 2.29. The minimum Gasteiger partial charge on any atom is -0.352 e. The predicted octanol–water partition coefficient (Wildman–Crippen LogP) is 5.06. The highest BCUT2D eigenvalue weighted by Gasteiger charge is 2.30. The van der Waals surface area contributed by atoms with E-state index in [2.05, 4.69) is 10.6 Å². The Morgan fingerprint density at radius 1 is 1.08 bits per heavy atom. The van der Waals surface area contributed by atoms with Crippen LogP contribution in [0.2, 0.25) is 5.02 Å². The highest BCUT2D eigenvalue weighted by molar-refractivity contribution is 7.89. The first kappa shape index (κ1) is 27.6.